The van der Waals surface area contributed by atoms with Crippen LogP contribution in [0.1, 0.15) is 25.7 Å². The van der Waals surface area contributed by atoms with Crippen molar-refractivity contribution in [2.24, 2.45) is 0 Å². The Morgan fingerprint density at radius 2 is 1.67 bits per heavy atom. The normalized spacial score (nSPS) is 23.4. The second-order valence-corrected chi connectivity index (χ2v) is 5.18. The molecular formula is C13H21F3N2. The Bertz CT molecular complexity index is 293. The van der Waals surface area contributed by atoms with Crippen LogP contribution in [0.5, 0.6) is 0 Å². The third kappa shape index (κ3) is 3.99. The molecule has 0 bridgehead atoms. The summed E-state index contributed by atoms with van der Waals surface area (Å²) in [5.41, 5.74) is -0.349. The maximum Gasteiger partial charge on any atom is 0.412 e. The van der Waals surface area contributed by atoms with E-state index in [2.05, 4.69) is 9.80 Å². The maximum atomic E-state index is 12.4. The Morgan fingerprint density at radius 3 is 2.22 bits per heavy atom. The summed E-state index contributed by atoms with van der Waals surface area (Å²) in [6, 6.07) is 0. The summed E-state index contributed by atoms with van der Waals surface area (Å²) in [5.74, 6) is 0. The molecule has 0 atom stereocenters. The number of hydrogen-bond acceptors (Lipinski definition) is 2. The monoisotopic (exact) mass is 262 g/mol. The van der Waals surface area contributed by atoms with Gasteiger partial charge < -0.3 is 4.90 Å². The predicted molar refractivity (Wildman–Crippen MR) is 65.5 cm³/mol. The minimum absolute atomic E-state index is 0.146. The van der Waals surface area contributed by atoms with E-state index < -0.39 is 6.18 Å². The highest BCUT2D eigenvalue weighted by Crippen LogP contribution is 2.30. The molecule has 0 amide bonds. The lowest BCUT2D eigenvalue weighted by atomic mass is 10.1. The van der Waals surface area contributed by atoms with Gasteiger partial charge in [0.25, 0.3) is 0 Å². The van der Waals surface area contributed by atoms with Crippen LogP contribution in [0.25, 0.3) is 0 Å². The quantitative estimate of drug-likeness (QED) is 0.719. The standard InChI is InChI=1S/C13H21F3N2/c14-13(15,16)12-4-10-18(11-5-12)9-3-8-17-6-1-2-7-17/h4H,1-3,5-11H2. The molecule has 0 unspecified atom stereocenters. The summed E-state index contributed by atoms with van der Waals surface area (Å²) < 4.78 is 37.3. The van der Waals surface area contributed by atoms with Crippen molar-refractivity contribution >= 4 is 0 Å². The lowest BCUT2D eigenvalue weighted by Crippen LogP contribution is -2.34. The molecule has 0 radical (unpaired) electrons. The van der Waals surface area contributed by atoms with Gasteiger partial charge in [-0.15, -0.1) is 0 Å². The molecule has 104 valence electrons. The zero-order valence-corrected chi connectivity index (χ0v) is 10.7. The van der Waals surface area contributed by atoms with Crippen LogP contribution >= 0.6 is 0 Å². The van der Waals surface area contributed by atoms with Gasteiger partial charge in [-0.25, -0.2) is 0 Å². The molecule has 5 heteroatoms. The van der Waals surface area contributed by atoms with Crippen LogP contribution < -0.4 is 0 Å². The van der Waals surface area contributed by atoms with Crippen molar-refractivity contribution in [2.75, 3.05) is 39.3 Å². The summed E-state index contributed by atoms with van der Waals surface area (Å²) in [6.45, 7) is 5.39. The van der Waals surface area contributed by atoms with Crippen molar-refractivity contribution in [3.63, 3.8) is 0 Å². The summed E-state index contributed by atoms with van der Waals surface area (Å²) >= 11 is 0. The van der Waals surface area contributed by atoms with E-state index in [9.17, 15) is 13.2 Å². The molecule has 0 aromatic carbocycles. The van der Waals surface area contributed by atoms with E-state index in [0.29, 0.717) is 13.1 Å². The molecule has 1 saturated heterocycles. The molecule has 0 aromatic rings. The lowest BCUT2D eigenvalue weighted by molar-refractivity contribution is -0.0960. The summed E-state index contributed by atoms with van der Waals surface area (Å²) in [4.78, 5) is 4.56. The van der Waals surface area contributed by atoms with Crippen molar-refractivity contribution in [1.82, 2.24) is 9.80 Å². The first-order valence-corrected chi connectivity index (χ1v) is 6.76. The zero-order valence-electron chi connectivity index (χ0n) is 10.7. The first-order valence-electron chi connectivity index (χ1n) is 6.76. The third-order valence-electron chi connectivity index (χ3n) is 3.80. The minimum atomic E-state index is -4.12. The highest BCUT2D eigenvalue weighted by atomic mass is 19.4. The molecule has 0 N–H and O–H groups in total. The number of likely N-dealkylation sites (tertiary alicyclic amines) is 1. The van der Waals surface area contributed by atoms with Gasteiger partial charge >= 0.3 is 6.18 Å². The van der Waals surface area contributed by atoms with Crippen molar-refractivity contribution in [1.29, 1.82) is 0 Å². The van der Waals surface area contributed by atoms with Crippen LogP contribution in [0.3, 0.4) is 0 Å². The Kier molecular flexibility index (Phi) is 4.67. The van der Waals surface area contributed by atoms with E-state index >= 15 is 0 Å². The Labute approximate surface area is 106 Å². The van der Waals surface area contributed by atoms with Gasteiger partial charge in [0.05, 0.1) is 0 Å². The Balaban J connectivity index is 1.65. The molecule has 0 aliphatic carbocycles. The van der Waals surface area contributed by atoms with E-state index in [-0.39, 0.29) is 12.0 Å². The first kappa shape index (κ1) is 13.9. The van der Waals surface area contributed by atoms with Crippen LogP contribution in [0.4, 0.5) is 13.2 Å². The molecule has 2 heterocycles. The molecule has 0 saturated carbocycles. The van der Waals surface area contributed by atoms with Gasteiger partial charge in [-0.2, -0.15) is 13.2 Å². The topological polar surface area (TPSA) is 6.48 Å². The van der Waals surface area contributed by atoms with Gasteiger partial charge in [0.1, 0.15) is 0 Å². The number of hydrogen-bond donors (Lipinski definition) is 0. The molecule has 2 aliphatic heterocycles. The molecule has 18 heavy (non-hydrogen) atoms. The van der Waals surface area contributed by atoms with E-state index in [1.807, 2.05) is 0 Å². The summed E-state index contributed by atoms with van der Waals surface area (Å²) in [6.07, 6.45) is 1.02. The van der Waals surface area contributed by atoms with Gasteiger partial charge in [0.2, 0.25) is 0 Å². The fourth-order valence-corrected chi connectivity index (χ4v) is 2.70. The largest absolute Gasteiger partial charge is 0.412 e. The van der Waals surface area contributed by atoms with E-state index in [1.54, 1.807) is 0 Å². The summed E-state index contributed by atoms with van der Waals surface area (Å²) in [7, 11) is 0. The molecule has 0 aromatic heterocycles. The van der Waals surface area contributed by atoms with Crippen LogP contribution in [-0.4, -0.2) is 55.2 Å². The SMILES string of the molecule is FC(F)(F)C1=CCN(CCCN2CCCC2)CC1. The highest BCUT2D eigenvalue weighted by Gasteiger charge is 2.34. The van der Waals surface area contributed by atoms with Crippen molar-refractivity contribution in [2.45, 2.75) is 31.9 Å². The van der Waals surface area contributed by atoms with E-state index in [0.717, 1.165) is 19.5 Å². The minimum Gasteiger partial charge on any atom is -0.303 e. The number of rotatable bonds is 4. The van der Waals surface area contributed by atoms with Crippen molar-refractivity contribution < 1.29 is 13.2 Å². The predicted octanol–water partition coefficient (Wildman–Crippen LogP) is 2.67. The number of halogens is 3. The Morgan fingerprint density at radius 1 is 1.00 bits per heavy atom. The smallest absolute Gasteiger partial charge is 0.303 e. The first-order chi connectivity index (χ1) is 8.55. The molecule has 2 nitrogen and oxygen atoms in total. The molecule has 1 fully saturated rings. The van der Waals surface area contributed by atoms with Gasteiger partial charge in [-0.3, -0.25) is 4.90 Å². The van der Waals surface area contributed by atoms with Crippen LogP contribution in [0.2, 0.25) is 0 Å². The fraction of sp³-hybridized carbons (Fsp3) is 0.846. The van der Waals surface area contributed by atoms with Crippen LogP contribution in [0, 0.1) is 0 Å². The Hall–Kier alpha value is -0.550. The fourth-order valence-electron chi connectivity index (χ4n) is 2.70. The second kappa shape index (κ2) is 6.06. The summed E-state index contributed by atoms with van der Waals surface area (Å²) in [5, 5.41) is 0. The van der Waals surface area contributed by atoms with Crippen LogP contribution in [0.15, 0.2) is 11.6 Å². The van der Waals surface area contributed by atoms with Gasteiger partial charge in [-0.05, 0) is 51.9 Å². The highest BCUT2D eigenvalue weighted by molar-refractivity contribution is 5.12. The average molecular weight is 262 g/mol. The van der Waals surface area contributed by atoms with Gasteiger partial charge in [0, 0.05) is 18.7 Å². The van der Waals surface area contributed by atoms with Gasteiger partial charge in [0.15, 0.2) is 0 Å². The van der Waals surface area contributed by atoms with Crippen molar-refractivity contribution in [3.05, 3.63) is 11.6 Å². The van der Waals surface area contributed by atoms with E-state index in [1.165, 1.54) is 32.0 Å². The molecular weight excluding hydrogens is 241 g/mol. The van der Waals surface area contributed by atoms with Gasteiger partial charge in [-0.1, -0.05) is 6.08 Å². The molecule has 2 aliphatic rings. The lowest BCUT2D eigenvalue weighted by Gasteiger charge is -2.27. The number of alkyl halides is 3. The molecule has 2 rings (SSSR count). The number of nitrogens with zero attached hydrogens (tertiary/aromatic N) is 2. The van der Waals surface area contributed by atoms with Crippen LogP contribution in [-0.2, 0) is 0 Å². The zero-order chi connectivity index (χ0) is 13.0. The van der Waals surface area contributed by atoms with Crippen molar-refractivity contribution in [3.8, 4) is 0 Å². The maximum absolute atomic E-state index is 12.4. The van der Waals surface area contributed by atoms with E-state index in [4.69, 9.17) is 0 Å². The third-order valence-corrected chi connectivity index (χ3v) is 3.80. The molecule has 0 spiro atoms. The average Bonchev–Trinajstić information content (AvgIpc) is 2.82. The second-order valence-electron chi connectivity index (χ2n) is 5.18.